The molecule has 2 aromatic rings. The molecular weight excluding hydrogens is 502 g/mol. The number of carbonyl (C=O) groups excluding carboxylic acids is 3. The lowest BCUT2D eigenvalue weighted by Gasteiger charge is -2.25. The maximum atomic E-state index is 13.2. The van der Waals surface area contributed by atoms with Gasteiger partial charge in [0.1, 0.15) is 18.1 Å². The fourth-order valence-corrected chi connectivity index (χ4v) is 3.88. The van der Waals surface area contributed by atoms with Crippen LogP contribution in [-0.2, 0) is 30.4 Å². The molecule has 0 saturated heterocycles. The summed E-state index contributed by atoms with van der Waals surface area (Å²) in [7, 11) is 0. The molecule has 202 valence electrons. The molecule has 1 heterocycles. The predicted molar refractivity (Wildman–Crippen MR) is 139 cm³/mol. The molecule has 1 aromatic carbocycles. The van der Waals surface area contributed by atoms with Gasteiger partial charge in [0.25, 0.3) is 0 Å². The Hall–Kier alpha value is -3.58. The summed E-state index contributed by atoms with van der Waals surface area (Å²) in [5.41, 5.74) is 7.18. The van der Waals surface area contributed by atoms with E-state index in [4.69, 9.17) is 10.8 Å². The Morgan fingerprint density at radius 1 is 0.946 bits per heavy atom. The van der Waals surface area contributed by atoms with Crippen LogP contribution in [0.15, 0.2) is 30.5 Å². The number of thiol groups is 1. The number of fused-ring (bicyclic) bond motifs is 1. The minimum atomic E-state index is -1.70. The number of para-hydroxylation sites is 1. The van der Waals surface area contributed by atoms with E-state index >= 15 is 0 Å². The van der Waals surface area contributed by atoms with Gasteiger partial charge in [0.15, 0.2) is 0 Å². The fourth-order valence-electron chi connectivity index (χ4n) is 3.71. The number of carboxylic acid groups (broad SMARTS) is 2. The Kier molecular flexibility index (Phi) is 10.9. The van der Waals surface area contributed by atoms with Crippen LogP contribution in [0.2, 0.25) is 0 Å². The summed E-state index contributed by atoms with van der Waals surface area (Å²) >= 11 is 4.00. The zero-order valence-electron chi connectivity index (χ0n) is 20.6. The monoisotopic (exact) mass is 535 g/mol. The SMILES string of the molecule is CC(C)CC(NC(=O)C(N)CS)C(=O)NC(Cc1c[nH]c2ccccc12)C(=O)NC(CC(=O)O)C(=O)O. The number of benzene rings is 1. The van der Waals surface area contributed by atoms with E-state index in [0.29, 0.717) is 5.56 Å². The van der Waals surface area contributed by atoms with Crippen LogP contribution in [0.5, 0.6) is 0 Å². The number of carbonyl (C=O) groups is 5. The highest BCUT2D eigenvalue weighted by Crippen LogP contribution is 2.19. The van der Waals surface area contributed by atoms with Crippen molar-refractivity contribution in [3.8, 4) is 0 Å². The summed E-state index contributed by atoms with van der Waals surface area (Å²) in [6.45, 7) is 3.70. The number of aliphatic carboxylic acids is 2. The second kappa shape index (κ2) is 13.7. The maximum Gasteiger partial charge on any atom is 0.326 e. The van der Waals surface area contributed by atoms with Gasteiger partial charge in [0.05, 0.1) is 12.5 Å². The molecule has 2 rings (SSSR count). The van der Waals surface area contributed by atoms with E-state index in [1.807, 2.05) is 32.0 Å². The lowest BCUT2D eigenvalue weighted by atomic mass is 10.00. The van der Waals surface area contributed by atoms with Crippen molar-refractivity contribution < 1.29 is 34.2 Å². The van der Waals surface area contributed by atoms with E-state index in [1.54, 1.807) is 12.3 Å². The topological polar surface area (TPSA) is 204 Å². The molecule has 0 radical (unpaired) electrons. The molecule has 0 aliphatic heterocycles. The van der Waals surface area contributed by atoms with Gasteiger partial charge in [0.2, 0.25) is 17.7 Å². The van der Waals surface area contributed by atoms with Crippen LogP contribution in [0.3, 0.4) is 0 Å². The van der Waals surface area contributed by atoms with Gasteiger partial charge < -0.3 is 36.9 Å². The van der Waals surface area contributed by atoms with Crippen LogP contribution < -0.4 is 21.7 Å². The molecule has 0 bridgehead atoms. The normalized spacial score (nSPS) is 14.4. The molecule has 13 heteroatoms. The standard InChI is InChI=1S/C24H33N5O7S/c1-12(2)7-17(27-21(32)15(25)11-37)22(33)28-18(23(34)29-19(24(35)36)9-20(30)31)8-13-10-26-16-6-4-3-5-14(13)16/h3-6,10,12,15,17-19,26,37H,7-9,11,25H2,1-2H3,(H,27,32)(H,28,33)(H,29,34)(H,30,31)(H,35,36). The highest BCUT2D eigenvalue weighted by Gasteiger charge is 2.32. The van der Waals surface area contributed by atoms with E-state index in [0.717, 1.165) is 10.9 Å². The van der Waals surface area contributed by atoms with Gasteiger partial charge in [0, 0.05) is 29.3 Å². The molecule has 12 nitrogen and oxygen atoms in total. The van der Waals surface area contributed by atoms with Crippen molar-refractivity contribution in [1.29, 1.82) is 0 Å². The van der Waals surface area contributed by atoms with Crippen LogP contribution in [0, 0.1) is 5.92 Å². The smallest absolute Gasteiger partial charge is 0.326 e. The fraction of sp³-hybridized carbons (Fsp3) is 0.458. The van der Waals surface area contributed by atoms with Gasteiger partial charge in [-0.25, -0.2) is 4.79 Å². The third-order valence-electron chi connectivity index (χ3n) is 5.60. The number of nitrogens with one attached hydrogen (secondary N) is 4. The Balaban J connectivity index is 2.34. The Labute approximate surface area is 219 Å². The number of hydrogen-bond acceptors (Lipinski definition) is 7. The van der Waals surface area contributed by atoms with Crippen molar-refractivity contribution >= 4 is 53.2 Å². The van der Waals surface area contributed by atoms with Gasteiger partial charge in [-0.3, -0.25) is 19.2 Å². The summed E-state index contributed by atoms with van der Waals surface area (Å²) in [5, 5.41) is 26.6. The number of carboxylic acids is 2. The highest BCUT2D eigenvalue weighted by molar-refractivity contribution is 7.80. The molecule has 3 amide bonds. The maximum absolute atomic E-state index is 13.2. The summed E-state index contributed by atoms with van der Waals surface area (Å²) in [6.07, 6.45) is 1.04. The summed E-state index contributed by atoms with van der Waals surface area (Å²) in [6, 6.07) is 2.35. The van der Waals surface area contributed by atoms with Crippen LogP contribution in [0.25, 0.3) is 10.9 Å². The van der Waals surface area contributed by atoms with Gasteiger partial charge in [-0.15, -0.1) is 0 Å². The van der Waals surface area contributed by atoms with Gasteiger partial charge >= 0.3 is 11.9 Å². The highest BCUT2D eigenvalue weighted by atomic mass is 32.1. The first-order valence-electron chi connectivity index (χ1n) is 11.7. The van der Waals surface area contributed by atoms with E-state index in [-0.39, 0.29) is 24.5 Å². The summed E-state index contributed by atoms with van der Waals surface area (Å²) in [5.74, 6) is -5.01. The Morgan fingerprint density at radius 3 is 2.14 bits per heavy atom. The molecule has 1 aromatic heterocycles. The third-order valence-corrected chi connectivity index (χ3v) is 5.99. The molecular formula is C24H33N5O7S. The third kappa shape index (κ3) is 8.79. The summed E-state index contributed by atoms with van der Waals surface area (Å²) in [4.78, 5) is 64.4. The quantitative estimate of drug-likeness (QED) is 0.155. The molecule has 4 atom stereocenters. The molecule has 0 aliphatic rings. The molecule has 0 saturated carbocycles. The predicted octanol–water partition coefficient (Wildman–Crippen LogP) is 0.0273. The molecule has 0 spiro atoms. The number of nitrogens with two attached hydrogens (primary N) is 1. The van der Waals surface area contributed by atoms with Gasteiger partial charge in [-0.1, -0.05) is 32.0 Å². The van der Waals surface area contributed by atoms with Crippen molar-refractivity contribution in [3.05, 3.63) is 36.0 Å². The van der Waals surface area contributed by atoms with Crippen molar-refractivity contribution in [2.45, 2.75) is 57.3 Å². The minimum absolute atomic E-state index is 0.00359. The summed E-state index contributed by atoms with van der Waals surface area (Å²) < 4.78 is 0. The van der Waals surface area contributed by atoms with Gasteiger partial charge in [-0.2, -0.15) is 12.6 Å². The second-order valence-corrected chi connectivity index (χ2v) is 9.47. The van der Waals surface area contributed by atoms with Crippen LogP contribution >= 0.6 is 12.6 Å². The minimum Gasteiger partial charge on any atom is -0.481 e. The molecule has 0 aliphatic carbocycles. The number of H-pyrrole nitrogens is 1. The Morgan fingerprint density at radius 2 is 1.54 bits per heavy atom. The number of rotatable bonds is 14. The zero-order chi connectivity index (χ0) is 27.7. The second-order valence-electron chi connectivity index (χ2n) is 9.10. The molecule has 8 N–H and O–H groups in total. The van der Waals surface area contributed by atoms with Crippen molar-refractivity contribution in [2.24, 2.45) is 11.7 Å². The number of hydrogen-bond donors (Lipinski definition) is 8. The first-order valence-corrected chi connectivity index (χ1v) is 12.3. The number of aromatic amines is 1. The molecule has 0 fully saturated rings. The number of amides is 3. The van der Waals surface area contributed by atoms with Crippen LogP contribution in [-0.4, -0.2) is 74.8 Å². The zero-order valence-corrected chi connectivity index (χ0v) is 21.5. The van der Waals surface area contributed by atoms with E-state index in [9.17, 15) is 29.1 Å². The lowest BCUT2D eigenvalue weighted by Crippen LogP contribution is -2.58. The van der Waals surface area contributed by atoms with Crippen molar-refractivity contribution in [1.82, 2.24) is 20.9 Å². The first-order chi connectivity index (χ1) is 17.4. The first kappa shape index (κ1) is 29.6. The van der Waals surface area contributed by atoms with Crippen molar-refractivity contribution in [3.63, 3.8) is 0 Å². The van der Waals surface area contributed by atoms with Gasteiger partial charge in [-0.05, 0) is 24.0 Å². The Bertz CT molecular complexity index is 1140. The average molecular weight is 536 g/mol. The number of aromatic nitrogens is 1. The lowest BCUT2D eigenvalue weighted by molar-refractivity contribution is -0.147. The largest absolute Gasteiger partial charge is 0.481 e. The van der Waals surface area contributed by atoms with E-state index < -0.39 is 60.2 Å². The van der Waals surface area contributed by atoms with Crippen LogP contribution in [0.4, 0.5) is 0 Å². The van der Waals surface area contributed by atoms with Crippen molar-refractivity contribution in [2.75, 3.05) is 5.75 Å². The molecule has 37 heavy (non-hydrogen) atoms. The average Bonchev–Trinajstić information content (AvgIpc) is 3.24. The van der Waals surface area contributed by atoms with E-state index in [2.05, 4.69) is 33.6 Å². The van der Waals surface area contributed by atoms with E-state index in [1.165, 1.54) is 0 Å². The van der Waals surface area contributed by atoms with Crippen LogP contribution in [0.1, 0.15) is 32.3 Å². The molecule has 4 unspecified atom stereocenters.